The Balaban J connectivity index is 3.89. The molecule has 1 amide bonds. The van der Waals surface area contributed by atoms with Crippen molar-refractivity contribution in [3.8, 4) is 0 Å². The van der Waals surface area contributed by atoms with Crippen LogP contribution in [0.4, 0.5) is 4.79 Å². The predicted molar refractivity (Wildman–Crippen MR) is 61.8 cm³/mol. The van der Waals surface area contributed by atoms with E-state index in [1.807, 2.05) is 6.92 Å². The highest BCUT2D eigenvalue weighted by atomic mass is 16.5. The van der Waals surface area contributed by atoms with Crippen molar-refractivity contribution in [1.29, 1.82) is 0 Å². The molecule has 0 spiro atoms. The fourth-order valence-electron chi connectivity index (χ4n) is 1.21. The first kappa shape index (κ1) is 15.7. The van der Waals surface area contributed by atoms with Crippen molar-refractivity contribution < 1.29 is 24.5 Å². The van der Waals surface area contributed by atoms with Gasteiger partial charge in [0.2, 0.25) is 0 Å². The van der Waals surface area contributed by atoms with Crippen molar-refractivity contribution in [3.05, 3.63) is 0 Å². The van der Waals surface area contributed by atoms with Gasteiger partial charge in [0.15, 0.2) is 0 Å². The molecule has 0 saturated carbocycles. The fourth-order valence-corrected chi connectivity index (χ4v) is 1.21. The Morgan fingerprint density at radius 3 is 2.53 bits per heavy atom. The lowest BCUT2D eigenvalue weighted by Gasteiger charge is -2.14. The number of aliphatic hydroxyl groups is 1. The number of aliphatic hydroxyl groups excluding tert-OH is 1. The monoisotopic (exact) mass is 247 g/mol. The van der Waals surface area contributed by atoms with Gasteiger partial charge in [0, 0.05) is 6.61 Å². The van der Waals surface area contributed by atoms with Crippen molar-refractivity contribution in [2.75, 3.05) is 13.2 Å². The zero-order valence-corrected chi connectivity index (χ0v) is 10.1. The molecule has 0 aromatic heterocycles. The molecular formula is C11H21NO5. The molecule has 0 aromatic rings. The van der Waals surface area contributed by atoms with Gasteiger partial charge in [-0.25, -0.2) is 9.59 Å². The number of aliphatic carboxylic acids is 1. The van der Waals surface area contributed by atoms with Crippen LogP contribution < -0.4 is 5.32 Å². The third-order valence-corrected chi connectivity index (χ3v) is 2.22. The van der Waals surface area contributed by atoms with Crippen LogP contribution >= 0.6 is 0 Å². The summed E-state index contributed by atoms with van der Waals surface area (Å²) in [6.07, 6.45) is 2.33. The quantitative estimate of drug-likeness (QED) is 0.531. The number of rotatable bonds is 9. The van der Waals surface area contributed by atoms with Crippen molar-refractivity contribution in [1.82, 2.24) is 5.32 Å². The Hall–Kier alpha value is -1.30. The summed E-state index contributed by atoms with van der Waals surface area (Å²) in [5.74, 6) is -1.09. The molecule has 0 fully saturated rings. The van der Waals surface area contributed by atoms with E-state index in [2.05, 4.69) is 5.32 Å². The molecule has 0 aliphatic carbocycles. The molecule has 0 radical (unpaired) electrons. The second-order valence-electron chi connectivity index (χ2n) is 3.74. The van der Waals surface area contributed by atoms with Crippen LogP contribution in [0, 0.1) is 0 Å². The molecule has 0 aliphatic heterocycles. The molecule has 100 valence electrons. The minimum atomic E-state index is -1.09. The molecule has 1 atom stereocenters. The largest absolute Gasteiger partial charge is 0.480 e. The molecule has 0 saturated heterocycles. The molecule has 17 heavy (non-hydrogen) atoms. The standard InChI is InChI=1S/C11H21NO5/c1-2-3-8-17-11(16)12-9(10(14)15)6-4-5-7-13/h9,13H,2-8H2,1H3,(H,12,16)(H,14,15). The minimum absolute atomic E-state index is 0.0211. The van der Waals surface area contributed by atoms with Crippen LogP contribution in [0.2, 0.25) is 0 Å². The summed E-state index contributed by atoms with van der Waals surface area (Å²) < 4.78 is 4.81. The number of hydrogen-bond donors (Lipinski definition) is 3. The number of amides is 1. The van der Waals surface area contributed by atoms with E-state index in [1.165, 1.54) is 0 Å². The molecule has 6 heteroatoms. The predicted octanol–water partition coefficient (Wildman–Crippen LogP) is 1.13. The van der Waals surface area contributed by atoms with Crippen LogP contribution in [-0.2, 0) is 9.53 Å². The molecule has 3 N–H and O–H groups in total. The average molecular weight is 247 g/mol. The van der Waals surface area contributed by atoms with Crippen molar-refractivity contribution >= 4 is 12.1 Å². The lowest BCUT2D eigenvalue weighted by atomic mass is 10.1. The van der Waals surface area contributed by atoms with Crippen LogP contribution in [0.15, 0.2) is 0 Å². The number of carbonyl (C=O) groups is 2. The maximum atomic E-state index is 11.2. The summed E-state index contributed by atoms with van der Waals surface area (Å²) in [4.78, 5) is 22.0. The summed E-state index contributed by atoms with van der Waals surface area (Å²) >= 11 is 0. The molecular weight excluding hydrogens is 226 g/mol. The number of carboxylic acid groups (broad SMARTS) is 1. The molecule has 0 heterocycles. The number of hydrogen-bond acceptors (Lipinski definition) is 4. The van der Waals surface area contributed by atoms with Crippen LogP contribution in [0.5, 0.6) is 0 Å². The highest BCUT2D eigenvalue weighted by molar-refractivity contribution is 5.79. The molecule has 0 bridgehead atoms. The van der Waals surface area contributed by atoms with Crippen LogP contribution in [-0.4, -0.2) is 41.5 Å². The Morgan fingerprint density at radius 2 is 2.00 bits per heavy atom. The molecule has 0 aliphatic rings. The SMILES string of the molecule is CCCCOC(=O)NC(CCCCO)C(=O)O. The molecule has 0 rings (SSSR count). The van der Waals surface area contributed by atoms with Crippen LogP contribution in [0.1, 0.15) is 39.0 Å². The summed E-state index contributed by atoms with van der Waals surface area (Å²) in [6.45, 7) is 2.29. The Labute approximate surface area is 101 Å². The lowest BCUT2D eigenvalue weighted by Crippen LogP contribution is -2.41. The summed E-state index contributed by atoms with van der Waals surface area (Å²) in [7, 11) is 0. The van der Waals surface area contributed by atoms with Gasteiger partial charge < -0.3 is 20.3 Å². The summed E-state index contributed by atoms with van der Waals surface area (Å²) in [5, 5.41) is 19.7. The molecule has 6 nitrogen and oxygen atoms in total. The van der Waals surface area contributed by atoms with Crippen molar-refractivity contribution in [2.24, 2.45) is 0 Å². The number of carbonyl (C=O) groups excluding carboxylic acids is 1. The van der Waals surface area contributed by atoms with E-state index in [4.69, 9.17) is 14.9 Å². The number of carboxylic acids is 1. The van der Waals surface area contributed by atoms with Crippen molar-refractivity contribution in [2.45, 2.75) is 45.1 Å². The van der Waals surface area contributed by atoms with E-state index in [-0.39, 0.29) is 6.61 Å². The van der Waals surface area contributed by atoms with Gasteiger partial charge in [-0.3, -0.25) is 0 Å². The van der Waals surface area contributed by atoms with Gasteiger partial charge in [0.1, 0.15) is 6.04 Å². The first-order valence-electron chi connectivity index (χ1n) is 5.88. The second-order valence-corrected chi connectivity index (χ2v) is 3.74. The van der Waals surface area contributed by atoms with Gasteiger partial charge in [-0.1, -0.05) is 13.3 Å². The Bertz CT molecular complexity index is 232. The van der Waals surface area contributed by atoms with E-state index < -0.39 is 18.1 Å². The van der Waals surface area contributed by atoms with E-state index in [0.717, 1.165) is 12.8 Å². The third-order valence-electron chi connectivity index (χ3n) is 2.22. The van der Waals surface area contributed by atoms with E-state index >= 15 is 0 Å². The number of unbranched alkanes of at least 4 members (excludes halogenated alkanes) is 2. The number of nitrogens with one attached hydrogen (secondary N) is 1. The van der Waals surface area contributed by atoms with Gasteiger partial charge in [-0.05, 0) is 25.7 Å². The number of alkyl carbamates (subject to hydrolysis) is 1. The second kappa shape index (κ2) is 9.89. The van der Waals surface area contributed by atoms with Gasteiger partial charge >= 0.3 is 12.1 Å². The van der Waals surface area contributed by atoms with Gasteiger partial charge in [0.05, 0.1) is 6.61 Å². The van der Waals surface area contributed by atoms with Crippen molar-refractivity contribution in [3.63, 3.8) is 0 Å². The summed E-state index contributed by atoms with van der Waals surface area (Å²) in [6, 6.07) is -0.948. The smallest absolute Gasteiger partial charge is 0.407 e. The average Bonchev–Trinajstić information content (AvgIpc) is 2.28. The van der Waals surface area contributed by atoms with E-state index in [0.29, 0.717) is 25.9 Å². The molecule has 0 aromatic carbocycles. The first-order valence-corrected chi connectivity index (χ1v) is 5.88. The minimum Gasteiger partial charge on any atom is -0.480 e. The van der Waals surface area contributed by atoms with Gasteiger partial charge in [-0.2, -0.15) is 0 Å². The van der Waals surface area contributed by atoms with E-state index in [1.54, 1.807) is 0 Å². The highest BCUT2D eigenvalue weighted by Crippen LogP contribution is 2.01. The third kappa shape index (κ3) is 8.50. The van der Waals surface area contributed by atoms with E-state index in [9.17, 15) is 9.59 Å². The van der Waals surface area contributed by atoms with Gasteiger partial charge in [0.25, 0.3) is 0 Å². The Morgan fingerprint density at radius 1 is 1.29 bits per heavy atom. The lowest BCUT2D eigenvalue weighted by molar-refractivity contribution is -0.139. The first-order chi connectivity index (χ1) is 8.11. The van der Waals surface area contributed by atoms with Gasteiger partial charge in [-0.15, -0.1) is 0 Å². The highest BCUT2D eigenvalue weighted by Gasteiger charge is 2.19. The topological polar surface area (TPSA) is 95.9 Å². The number of ether oxygens (including phenoxy) is 1. The zero-order valence-electron chi connectivity index (χ0n) is 10.1. The van der Waals surface area contributed by atoms with Crippen LogP contribution in [0.25, 0.3) is 0 Å². The molecule has 1 unspecified atom stereocenters. The maximum Gasteiger partial charge on any atom is 0.407 e. The normalized spacial score (nSPS) is 11.9. The summed E-state index contributed by atoms with van der Waals surface area (Å²) in [5.41, 5.74) is 0. The maximum absolute atomic E-state index is 11.2. The Kier molecular flexibility index (Phi) is 9.14. The fraction of sp³-hybridized carbons (Fsp3) is 0.818. The van der Waals surface area contributed by atoms with Crippen LogP contribution in [0.3, 0.4) is 0 Å². The zero-order chi connectivity index (χ0) is 13.1.